The molecule has 136 valence electrons. The second-order valence-corrected chi connectivity index (χ2v) is 6.99. The van der Waals surface area contributed by atoms with Crippen molar-refractivity contribution in [2.75, 3.05) is 13.1 Å². The maximum absolute atomic E-state index is 5.28. The second kappa shape index (κ2) is 9.64. The van der Waals surface area contributed by atoms with Crippen LogP contribution in [0.2, 0.25) is 0 Å². The summed E-state index contributed by atoms with van der Waals surface area (Å²) < 4.78 is 5.28. The molecule has 0 amide bonds. The smallest absolute Gasteiger partial charge is 0.228 e. The lowest BCUT2D eigenvalue weighted by Crippen LogP contribution is -2.45. The van der Waals surface area contributed by atoms with Gasteiger partial charge in [0, 0.05) is 24.9 Å². The van der Waals surface area contributed by atoms with E-state index in [-0.39, 0.29) is 0 Å². The molecule has 6 heteroatoms. The molecule has 0 saturated heterocycles. The average Bonchev–Trinajstić information content (AvgIpc) is 3.04. The Hall–Kier alpha value is -1.59. The predicted octanol–water partition coefficient (Wildman–Crippen LogP) is 3.26. The molecular weight excluding hydrogens is 302 g/mol. The van der Waals surface area contributed by atoms with Crippen molar-refractivity contribution in [2.24, 2.45) is 10.9 Å². The molecule has 0 spiro atoms. The first-order chi connectivity index (χ1) is 11.6. The Kier molecular flexibility index (Phi) is 7.53. The molecule has 1 heterocycles. The zero-order chi connectivity index (χ0) is 17.4. The Morgan fingerprint density at radius 3 is 2.83 bits per heavy atom. The molecule has 0 aromatic carbocycles. The SMILES string of the molecule is CCNC(=NCCc1nc(C(C)C)no1)NC1CCCC(CC)C1. The van der Waals surface area contributed by atoms with Crippen LogP contribution < -0.4 is 10.6 Å². The number of hydrogen-bond donors (Lipinski definition) is 2. The van der Waals surface area contributed by atoms with Crippen molar-refractivity contribution in [1.29, 1.82) is 0 Å². The van der Waals surface area contributed by atoms with Gasteiger partial charge in [-0.3, -0.25) is 4.99 Å². The van der Waals surface area contributed by atoms with Gasteiger partial charge in [0.15, 0.2) is 11.8 Å². The van der Waals surface area contributed by atoms with Gasteiger partial charge in [-0.05, 0) is 25.7 Å². The van der Waals surface area contributed by atoms with Crippen molar-refractivity contribution in [3.05, 3.63) is 11.7 Å². The van der Waals surface area contributed by atoms with Crippen LogP contribution >= 0.6 is 0 Å². The van der Waals surface area contributed by atoms with Gasteiger partial charge in [0.25, 0.3) is 0 Å². The molecule has 2 atom stereocenters. The van der Waals surface area contributed by atoms with Crippen LogP contribution in [0.5, 0.6) is 0 Å². The topological polar surface area (TPSA) is 75.3 Å². The van der Waals surface area contributed by atoms with E-state index in [0.717, 1.165) is 24.2 Å². The van der Waals surface area contributed by atoms with Gasteiger partial charge in [-0.25, -0.2) is 0 Å². The van der Waals surface area contributed by atoms with Gasteiger partial charge in [0.2, 0.25) is 5.89 Å². The molecule has 1 aromatic heterocycles. The number of rotatable bonds is 7. The molecule has 1 aliphatic carbocycles. The molecule has 0 bridgehead atoms. The van der Waals surface area contributed by atoms with Crippen molar-refractivity contribution in [2.45, 2.75) is 78.2 Å². The Balaban J connectivity index is 1.85. The summed E-state index contributed by atoms with van der Waals surface area (Å²) in [6.07, 6.45) is 7.14. The van der Waals surface area contributed by atoms with Crippen LogP contribution in [0.3, 0.4) is 0 Å². The van der Waals surface area contributed by atoms with Gasteiger partial charge in [-0.2, -0.15) is 4.98 Å². The summed E-state index contributed by atoms with van der Waals surface area (Å²) in [5.74, 6) is 3.49. The maximum atomic E-state index is 5.28. The Morgan fingerprint density at radius 1 is 1.33 bits per heavy atom. The summed E-state index contributed by atoms with van der Waals surface area (Å²) in [5.41, 5.74) is 0. The maximum Gasteiger partial charge on any atom is 0.228 e. The Labute approximate surface area is 145 Å². The lowest BCUT2D eigenvalue weighted by molar-refractivity contribution is 0.298. The molecular formula is C18H33N5O. The van der Waals surface area contributed by atoms with Crippen LogP contribution in [0.1, 0.15) is 77.4 Å². The van der Waals surface area contributed by atoms with Gasteiger partial charge in [-0.1, -0.05) is 45.2 Å². The lowest BCUT2D eigenvalue weighted by Gasteiger charge is -2.30. The first-order valence-electron chi connectivity index (χ1n) is 9.49. The van der Waals surface area contributed by atoms with Crippen LogP contribution in [0.25, 0.3) is 0 Å². The van der Waals surface area contributed by atoms with Gasteiger partial charge in [0.05, 0.1) is 6.54 Å². The minimum absolute atomic E-state index is 0.294. The monoisotopic (exact) mass is 335 g/mol. The summed E-state index contributed by atoms with van der Waals surface area (Å²) in [7, 11) is 0. The lowest BCUT2D eigenvalue weighted by atomic mass is 9.84. The van der Waals surface area contributed by atoms with E-state index >= 15 is 0 Å². The molecule has 1 fully saturated rings. The van der Waals surface area contributed by atoms with Crippen molar-refractivity contribution in [1.82, 2.24) is 20.8 Å². The third kappa shape index (κ3) is 5.80. The fraction of sp³-hybridized carbons (Fsp3) is 0.833. The van der Waals surface area contributed by atoms with E-state index < -0.39 is 0 Å². The highest BCUT2D eigenvalue weighted by Gasteiger charge is 2.21. The van der Waals surface area contributed by atoms with Gasteiger partial charge in [0.1, 0.15) is 0 Å². The zero-order valence-electron chi connectivity index (χ0n) is 15.6. The Morgan fingerprint density at radius 2 is 2.17 bits per heavy atom. The highest BCUT2D eigenvalue weighted by molar-refractivity contribution is 5.80. The number of hydrogen-bond acceptors (Lipinski definition) is 4. The van der Waals surface area contributed by atoms with Crippen LogP contribution in [0, 0.1) is 5.92 Å². The van der Waals surface area contributed by atoms with Crippen molar-refractivity contribution >= 4 is 5.96 Å². The molecule has 0 radical (unpaired) electrons. The van der Waals surface area contributed by atoms with E-state index in [1.54, 1.807) is 0 Å². The van der Waals surface area contributed by atoms with Crippen LogP contribution in [-0.4, -0.2) is 35.2 Å². The normalized spacial score (nSPS) is 22.0. The molecule has 1 aromatic rings. The number of nitrogens with one attached hydrogen (secondary N) is 2. The van der Waals surface area contributed by atoms with Crippen molar-refractivity contribution in [3.8, 4) is 0 Å². The highest BCUT2D eigenvalue weighted by atomic mass is 16.5. The number of nitrogens with zero attached hydrogens (tertiary/aromatic N) is 3. The first kappa shape index (κ1) is 18.7. The van der Waals surface area contributed by atoms with Crippen LogP contribution in [-0.2, 0) is 6.42 Å². The van der Waals surface area contributed by atoms with E-state index in [1.807, 2.05) is 0 Å². The molecule has 2 unspecified atom stereocenters. The third-order valence-electron chi connectivity index (χ3n) is 4.64. The van der Waals surface area contributed by atoms with E-state index in [9.17, 15) is 0 Å². The quantitative estimate of drug-likeness (QED) is 0.591. The summed E-state index contributed by atoms with van der Waals surface area (Å²) in [6.45, 7) is 10.0. The van der Waals surface area contributed by atoms with Crippen molar-refractivity contribution in [3.63, 3.8) is 0 Å². The number of guanidine groups is 1. The minimum atomic E-state index is 0.294. The fourth-order valence-electron chi connectivity index (χ4n) is 3.17. The predicted molar refractivity (Wildman–Crippen MR) is 97.2 cm³/mol. The Bertz CT molecular complexity index is 511. The molecule has 24 heavy (non-hydrogen) atoms. The van der Waals surface area contributed by atoms with Gasteiger partial charge in [-0.15, -0.1) is 0 Å². The minimum Gasteiger partial charge on any atom is -0.357 e. The first-order valence-corrected chi connectivity index (χ1v) is 9.49. The molecule has 1 saturated carbocycles. The van der Waals surface area contributed by atoms with Gasteiger partial charge < -0.3 is 15.2 Å². The molecule has 2 N–H and O–H groups in total. The summed E-state index contributed by atoms with van der Waals surface area (Å²) >= 11 is 0. The average molecular weight is 335 g/mol. The molecule has 2 rings (SSSR count). The number of aliphatic imine (C=N–C) groups is 1. The van der Waals surface area contributed by atoms with Crippen LogP contribution in [0.15, 0.2) is 9.52 Å². The molecule has 1 aliphatic rings. The van der Waals surface area contributed by atoms with E-state index in [4.69, 9.17) is 4.52 Å². The van der Waals surface area contributed by atoms with E-state index in [1.165, 1.54) is 32.1 Å². The standard InChI is InChI=1S/C18H33N5O/c1-5-14-8-7-9-15(12-14)21-18(19-6-2)20-11-10-16-22-17(13(3)4)23-24-16/h13-15H,5-12H2,1-4H3,(H2,19,20,21). The highest BCUT2D eigenvalue weighted by Crippen LogP contribution is 2.26. The largest absolute Gasteiger partial charge is 0.357 e. The fourth-order valence-corrected chi connectivity index (χ4v) is 3.17. The number of aromatic nitrogens is 2. The summed E-state index contributed by atoms with van der Waals surface area (Å²) in [5, 5.41) is 10.9. The van der Waals surface area contributed by atoms with E-state index in [2.05, 4.69) is 53.5 Å². The third-order valence-corrected chi connectivity index (χ3v) is 4.64. The summed E-state index contributed by atoms with van der Waals surface area (Å²) in [4.78, 5) is 9.08. The molecule has 6 nitrogen and oxygen atoms in total. The molecule has 0 aliphatic heterocycles. The summed E-state index contributed by atoms with van der Waals surface area (Å²) in [6, 6.07) is 0.539. The second-order valence-electron chi connectivity index (χ2n) is 6.99. The van der Waals surface area contributed by atoms with Gasteiger partial charge >= 0.3 is 0 Å². The van der Waals surface area contributed by atoms with Crippen molar-refractivity contribution < 1.29 is 4.52 Å². The van der Waals surface area contributed by atoms with Crippen LogP contribution in [0.4, 0.5) is 0 Å². The zero-order valence-corrected chi connectivity index (χ0v) is 15.6. The van der Waals surface area contributed by atoms with E-state index in [0.29, 0.717) is 30.8 Å².